The molecule has 0 saturated heterocycles. The van der Waals surface area contributed by atoms with Crippen LogP contribution in [0, 0.1) is 17.7 Å². The van der Waals surface area contributed by atoms with Gasteiger partial charge in [-0.3, -0.25) is 4.79 Å². The van der Waals surface area contributed by atoms with Crippen molar-refractivity contribution in [2.75, 3.05) is 0 Å². The van der Waals surface area contributed by atoms with E-state index in [1.54, 1.807) is 0 Å². The molecule has 0 heterocycles. The van der Waals surface area contributed by atoms with Crippen LogP contribution in [0.15, 0.2) is 18.2 Å². The molecular weight excluding hydrogens is 238 g/mol. The third kappa shape index (κ3) is 3.79. The van der Waals surface area contributed by atoms with E-state index in [1.807, 2.05) is 0 Å². The van der Waals surface area contributed by atoms with Crippen molar-refractivity contribution in [2.24, 2.45) is 5.73 Å². The van der Waals surface area contributed by atoms with Crippen LogP contribution in [0.4, 0.5) is 17.6 Å². The Balaban J connectivity index is 3.15. The normalized spacial score (nSPS) is 10.6. The molecule has 1 aromatic rings. The Morgan fingerprint density at radius 2 is 2.00 bits per heavy atom. The highest BCUT2D eigenvalue weighted by Gasteiger charge is 2.33. The van der Waals surface area contributed by atoms with Crippen LogP contribution in [0.3, 0.4) is 0 Å². The fraction of sp³-hybridized carbons (Fsp3) is 0.182. The Labute approximate surface area is 94.4 Å². The molecule has 6 heteroatoms. The Morgan fingerprint density at radius 1 is 1.35 bits per heavy atom. The molecule has 1 rings (SSSR count). The molecule has 0 fully saturated rings. The second kappa shape index (κ2) is 4.87. The zero-order valence-corrected chi connectivity index (χ0v) is 8.44. The van der Waals surface area contributed by atoms with E-state index in [9.17, 15) is 22.4 Å². The minimum atomic E-state index is -4.62. The average Bonchev–Trinajstić information content (AvgIpc) is 2.15. The molecule has 17 heavy (non-hydrogen) atoms. The van der Waals surface area contributed by atoms with Crippen LogP contribution in [0.25, 0.3) is 0 Å². The van der Waals surface area contributed by atoms with Gasteiger partial charge in [0.1, 0.15) is 5.82 Å². The summed E-state index contributed by atoms with van der Waals surface area (Å²) in [5.41, 5.74) is 3.21. The number of benzene rings is 1. The molecular formula is C11H7F4NO. The van der Waals surface area contributed by atoms with E-state index >= 15 is 0 Å². The molecule has 0 radical (unpaired) electrons. The van der Waals surface area contributed by atoms with Gasteiger partial charge in [0.25, 0.3) is 0 Å². The summed E-state index contributed by atoms with van der Waals surface area (Å²) in [5, 5.41) is 0. The van der Waals surface area contributed by atoms with Crippen molar-refractivity contribution in [3.05, 3.63) is 35.1 Å². The predicted octanol–water partition coefficient (Wildman–Crippen LogP) is 2.07. The summed E-state index contributed by atoms with van der Waals surface area (Å²) in [4.78, 5) is 10.4. The minimum Gasteiger partial charge on any atom is -0.369 e. The highest BCUT2D eigenvalue weighted by Crippen LogP contribution is 2.31. The minimum absolute atomic E-state index is 0.381. The van der Waals surface area contributed by atoms with Crippen molar-refractivity contribution in [1.29, 1.82) is 0 Å². The maximum Gasteiger partial charge on any atom is 0.417 e. The van der Waals surface area contributed by atoms with E-state index in [0.717, 1.165) is 0 Å². The third-order valence-corrected chi connectivity index (χ3v) is 1.77. The summed E-state index contributed by atoms with van der Waals surface area (Å²) in [6.45, 7) is 0. The van der Waals surface area contributed by atoms with Crippen LogP contribution < -0.4 is 5.73 Å². The first-order valence-corrected chi connectivity index (χ1v) is 4.44. The van der Waals surface area contributed by atoms with E-state index < -0.39 is 29.0 Å². The number of amides is 1. The molecule has 0 atom stereocenters. The monoisotopic (exact) mass is 245 g/mol. The van der Waals surface area contributed by atoms with Crippen LogP contribution in [-0.2, 0) is 11.0 Å². The van der Waals surface area contributed by atoms with Gasteiger partial charge in [-0.25, -0.2) is 4.39 Å². The molecule has 2 N–H and O–H groups in total. The van der Waals surface area contributed by atoms with Gasteiger partial charge in [0.15, 0.2) is 0 Å². The third-order valence-electron chi connectivity index (χ3n) is 1.77. The molecule has 1 aromatic carbocycles. The number of rotatable bonds is 1. The number of primary amides is 1. The summed E-state index contributed by atoms with van der Waals surface area (Å²) in [6, 6.07) is 1.96. The Hall–Kier alpha value is -2.03. The first-order valence-electron chi connectivity index (χ1n) is 4.44. The van der Waals surface area contributed by atoms with Crippen molar-refractivity contribution < 1.29 is 22.4 Å². The fourth-order valence-corrected chi connectivity index (χ4v) is 1.09. The van der Waals surface area contributed by atoms with Gasteiger partial charge in [-0.15, -0.1) is 0 Å². The van der Waals surface area contributed by atoms with Crippen molar-refractivity contribution in [3.63, 3.8) is 0 Å². The summed E-state index contributed by atoms with van der Waals surface area (Å²) in [7, 11) is 0. The summed E-state index contributed by atoms with van der Waals surface area (Å²) in [5.74, 6) is 2.64. The molecule has 0 aromatic heterocycles. The van der Waals surface area contributed by atoms with Gasteiger partial charge >= 0.3 is 6.18 Å². The number of nitrogens with two attached hydrogens (primary N) is 1. The number of halogens is 4. The topological polar surface area (TPSA) is 43.1 Å². The molecule has 1 amide bonds. The van der Waals surface area contributed by atoms with Gasteiger partial charge in [-0.1, -0.05) is 11.8 Å². The van der Waals surface area contributed by atoms with E-state index in [0.29, 0.717) is 18.2 Å². The molecule has 90 valence electrons. The van der Waals surface area contributed by atoms with Gasteiger partial charge in [-0.05, 0) is 18.2 Å². The molecule has 0 bridgehead atoms. The van der Waals surface area contributed by atoms with Crippen LogP contribution >= 0.6 is 0 Å². The van der Waals surface area contributed by atoms with Crippen LogP contribution in [-0.4, -0.2) is 5.91 Å². The van der Waals surface area contributed by atoms with Crippen molar-refractivity contribution in [3.8, 4) is 11.8 Å². The highest BCUT2D eigenvalue weighted by atomic mass is 19.4. The van der Waals surface area contributed by atoms with Gasteiger partial charge < -0.3 is 5.73 Å². The lowest BCUT2D eigenvalue weighted by Crippen LogP contribution is -2.09. The molecule has 0 spiro atoms. The number of alkyl halides is 3. The van der Waals surface area contributed by atoms with E-state index in [4.69, 9.17) is 5.73 Å². The van der Waals surface area contributed by atoms with E-state index in [2.05, 4.69) is 11.8 Å². The van der Waals surface area contributed by atoms with Crippen LogP contribution in [0.1, 0.15) is 17.5 Å². The summed E-state index contributed by atoms with van der Waals surface area (Å²) in [6.07, 6.45) is -5.00. The Morgan fingerprint density at radius 3 is 2.53 bits per heavy atom. The van der Waals surface area contributed by atoms with Crippen molar-refractivity contribution in [2.45, 2.75) is 12.6 Å². The largest absolute Gasteiger partial charge is 0.417 e. The molecule has 2 nitrogen and oxygen atoms in total. The maximum atomic E-state index is 12.8. The lowest BCUT2D eigenvalue weighted by molar-refractivity contribution is -0.137. The summed E-state index contributed by atoms with van der Waals surface area (Å²) < 4.78 is 50.2. The Bertz CT molecular complexity index is 496. The molecule has 0 aliphatic rings. The lowest BCUT2D eigenvalue weighted by atomic mass is 10.1. The smallest absolute Gasteiger partial charge is 0.369 e. The van der Waals surface area contributed by atoms with Crippen LogP contribution in [0.2, 0.25) is 0 Å². The van der Waals surface area contributed by atoms with Gasteiger partial charge in [-0.2, -0.15) is 13.2 Å². The second-order valence-corrected chi connectivity index (χ2v) is 3.13. The first-order chi connectivity index (χ1) is 7.80. The molecule has 0 aliphatic heterocycles. The number of hydrogen-bond donors (Lipinski definition) is 1. The van der Waals surface area contributed by atoms with E-state index in [1.165, 1.54) is 0 Å². The highest BCUT2D eigenvalue weighted by molar-refractivity contribution is 5.76. The standard InChI is InChI=1S/C11H7F4NO/c12-8-4-5-9(11(13,14)15)7(6-8)2-1-3-10(16)17/h4-6H,3H2,(H2,16,17). The van der Waals surface area contributed by atoms with Crippen molar-refractivity contribution >= 4 is 5.91 Å². The van der Waals surface area contributed by atoms with Gasteiger partial charge in [0, 0.05) is 5.56 Å². The lowest BCUT2D eigenvalue weighted by Gasteiger charge is -2.08. The molecule has 0 saturated carbocycles. The predicted molar refractivity (Wildman–Crippen MR) is 52.1 cm³/mol. The number of carbonyl (C=O) groups is 1. The Kier molecular flexibility index (Phi) is 3.73. The first kappa shape index (κ1) is 13.0. The number of carbonyl (C=O) groups excluding carboxylic acids is 1. The zero-order valence-electron chi connectivity index (χ0n) is 8.44. The van der Waals surface area contributed by atoms with Crippen LogP contribution in [0.5, 0.6) is 0 Å². The molecule has 0 unspecified atom stereocenters. The second-order valence-electron chi connectivity index (χ2n) is 3.13. The average molecular weight is 245 g/mol. The quantitative estimate of drug-likeness (QED) is 0.597. The molecule has 0 aliphatic carbocycles. The SMILES string of the molecule is NC(=O)CC#Cc1cc(F)ccc1C(F)(F)F. The van der Waals surface area contributed by atoms with Crippen molar-refractivity contribution in [1.82, 2.24) is 0 Å². The maximum absolute atomic E-state index is 12.8. The summed E-state index contributed by atoms with van der Waals surface area (Å²) >= 11 is 0. The van der Waals surface area contributed by atoms with Gasteiger partial charge in [0.2, 0.25) is 5.91 Å². The fourth-order valence-electron chi connectivity index (χ4n) is 1.09. The number of hydrogen-bond acceptors (Lipinski definition) is 1. The van der Waals surface area contributed by atoms with Gasteiger partial charge in [0.05, 0.1) is 12.0 Å². The van der Waals surface area contributed by atoms with E-state index in [-0.39, 0.29) is 6.42 Å². The zero-order chi connectivity index (χ0) is 13.1.